The standard InChI is InChI=1S/3C18H15P.CO.BrH.Os.H/c3*1-4-10-16(11-5-1)19(17-12-6-2-7-13-17)18-14-8-3-9-15-18;1-2;;;/h3*1-15H;;1H;;/q;;;;;+1;/p-1. The predicted molar refractivity (Wildman–Crippen MR) is 270 cm³/mol. The molecule has 0 bridgehead atoms. The second-order valence-electron chi connectivity index (χ2n) is 13.0. The first-order valence-electron chi connectivity index (χ1n) is 19.6. The van der Waals surface area contributed by atoms with Crippen LogP contribution in [0.2, 0.25) is 0 Å². The van der Waals surface area contributed by atoms with E-state index in [9.17, 15) is 0 Å². The van der Waals surface area contributed by atoms with Crippen LogP contribution in [0.15, 0.2) is 273 Å². The normalized spacial score (nSPS) is 10.0. The van der Waals surface area contributed by atoms with Gasteiger partial charge >= 0.3 is 41.5 Å². The Morgan fingerprint density at radius 2 is 0.295 bits per heavy atom. The van der Waals surface area contributed by atoms with Crippen LogP contribution in [0, 0.1) is 6.65 Å². The summed E-state index contributed by atoms with van der Waals surface area (Å²) >= 11 is 4.53. The molecule has 0 aliphatic rings. The molecule has 0 saturated carbocycles. The monoisotopic (exact) mass is 1090 g/mol. The zero-order chi connectivity index (χ0) is 42.7. The van der Waals surface area contributed by atoms with E-state index in [2.05, 4.69) is 293 Å². The molecule has 9 aromatic rings. The number of hydrogen-bond acceptors (Lipinski definition) is 0. The molecule has 0 radical (unpaired) electrons. The minimum absolute atomic E-state index is 0.446. The number of hydrogen-bond donors (Lipinski definition) is 0. The zero-order valence-corrected chi connectivity index (χ0v) is 40.5. The minimum Gasteiger partial charge on any atom is -0.0622 e. The SMILES string of the molecule is [Br][OsH].[C-]#[O+].c1ccc(P(c2ccccc2)c2ccccc2)cc1.c1ccc(P(c2ccccc2)c2ccccc2)cc1.c1ccc(P(c2ccccc2)c2ccccc2)cc1. The first-order chi connectivity index (χ1) is 30.3. The van der Waals surface area contributed by atoms with Crippen LogP contribution in [0.3, 0.4) is 0 Å². The molecule has 1 nitrogen and oxygen atoms in total. The quantitative estimate of drug-likeness (QED) is 0.0780. The van der Waals surface area contributed by atoms with Gasteiger partial charge in [0, 0.05) is 0 Å². The molecule has 0 aromatic heterocycles. The molecule has 0 amide bonds. The van der Waals surface area contributed by atoms with Gasteiger partial charge in [-0.2, -0.15) is 0 Å². The molecule has 9 rings (SSSR count). The molecule has 61 heavy (non-hydrogen) atoms. The average Bonchev–Trinajstić information content (AvgIpc) is 3.37. The van der Waals surface area contributed by atoms with E-state index in [1.54, 1.807) is 0 Å². The summed E-state index contributed by atoms with van der Waals surface area (Å²) in [4.78, 5) is 0. The van der Waals surface area contributed by atoms with Crippen molar-refractivity contribution in [3.63, 3.8) is 0 Å². The van der Waals surface area contributed by atoms with Gasteiger partial charge in [-0.05, 0) is 71.5 Å². The van der Waals surface area contributed by atoms with Crippen molar-refractivity contribution in [2.24, 2.45) is 0 Å². The average molecular weight is 1090 g/mol. The smallest absolute Gasteiger partial charge is 0.0134 e. The molecule has 0 aliphatic carbocycles. The summed E-state index contributed by atoms with van der Waals surface area (Å²) in [6, 6.07) is 97.0. The Morgan fingerprint density at radius 1 is 0.213 bits per heavy atom. The summed E-state index contributed by atoms with van der Waals surface area (Å²) in [5, 5.41) is 12.6. The Morgan fingerprint density at radius 3 is 0.377 bits per heavy atom. The molecule has 6 heteroatoms. The van der Waals surface area contributed by atoms with Crippen LogP contribution in [0.25, 0.3) is 0 Å². The first kappa shape index (κ1) is 47.2. The molecule has 302 valence electrons. The van der Waals surface area contributed by atoms with Crippen LogP contribution in [0.4, 0.5) is 0 Å². The Labute approximate surface area is 383 Å². The van der Waals surface area contributed by atoms with Crippen LogP contribution in [0.5, 0.6) is 0 Å². The van der Waals surface area contributed by atoms with Gasteiger partial charge in [-0.3, -0.25) is 0 Å². The molecule has 0 fully saturated rings. The van der Waals surface area contributed by atoms with Gasteiger partial charge in [0.2, 0.25) is 0 Å². The van der Waals surface area contributed by atoms with Crippen molar-refractivity contribution in [1.82, 2.24) is 0 Å². The Balaban J connectivity index is 0.000000166. The van der Waals surface area contributed by atoms with Crippen LogP contribution in [0.1, 0.15) is 0 Å². The van der Waals surface area contributed by atoms with Crippen molar-refractivity contribution in [3.8, 4) is 0 Å². The van der Waals surface area contributed by atoms with E-state index in [4.69, 9.17) is 4.65 Å². The topological polar surface area (TPSA) is 19.9 Å². The van der Waals surface area contributed by atoms with E-state index in [1.165, 1.54) is 64.4 Å². The van der Waals surface area contributed by atoms with Gasteiger partial charge in [0.25, 0.3) is 0 Å². The summed E-state index contributed by atoms with van der Waals surface area (Å²) in [5.41, 5.74) is 0. The molecular weight excluding hydrogens is 1040 g/mol. The van der Waals surface area contributed by atoms with Gasteiger partial charge in [0.1, 0.15) is 0 Å². The molecule has 9 aromatic carbocycles. The maximum atomic E-state index is 7.50. The Hall–Kier alpha value is -4.87. The fraction of sp³-hybridized carbons (Fsp3) is 0. The third-order valence-electron chi connectivity index (χ3n) is 9.13. The molecular formula is C55H46BrOOsP3. The first-order valence-corrected chi connectivity index (χ1v) is 29.5. The van der Waals surface area contributed by atoms with E-state index >= 15 is 0 Å². The zero-order valence-electron chi connectivity index (χ0n) is 33.5. The fourth-order valence-corrected chi connectivity index (χ4v) is 13.5. The Kier molecular flexibility index (Phi) is 21.6. The van der Waals surface area contributed by atoms with Gasteiger partial charge in [-0.1, -0.05) is 273 Å². The third-order valence-corrected chi connectivity index (χ3v) is 16.5. The van der Waals surface area contributed by atoms with Crippen molar-refractivity contribution in [1.29, 1.82) is 0 Å². The number of benzene rings is 9. The second kappa shape index (κ2) is 27.9. The van der Waals surface area contributed by atoms with Crippen LogP contribution < -0.4 is 47.7 Å². The van der Waals surface area contributed by atoms with Gasteiger partial charge in [-0.15, -0.1) is 0 Å². The second-order valence-corrected chi connectivity index (χ2v) is 19.7. The fourth-order valence-electron chi connectivity index (χ4n) is 6.54. The van der Waals surface area contributed by atoms with Crippen molar-refractivity contribution in [2.45, 2.75) is 0 Å². The van der Waals surface area contributed by atoms with E-state index in [-0.39, 0.29) is 0 Å². The molecule has 0 heterocycles. The van der Waals surface area contributed by atoms with Crippen molar-refractivity contribution in [3.05, 3.63) is 280 Å². The van der Waals surface area contributed by atoms with Gasteiger partial charge in [0.15, 0.2) is 0 Å². The number of halogens is 1. The van der Waals surface area contributed by atoms with Crippen LogP contribution in [-0.2, 0) is 21.3 Å². The van der Waals surface area contributed by atoms with E-state index in [0.29, 0.717) is 0 Å². The Bertz CT molecular complexity index is 1920. The van der Waals surface area contributed by atoms with Crippen LogP contribution >= 0.6 is 37.3 Å². The molecule has 0 aliphatic heterocycles. The van der Waals surface area contributed by atoms with Crippen molar-refractivity contribution >= 4 is 85.1 Å². The predicted octanol–water partition coefficient (Wildman–Crippen LogP) is 10.9. The molecule has 0 N–H and O–H groups in total. The molecule has 0 atom stereocenters. The largest absolute Gasteiger partial charge is 0.0622 e. The number of rotatable bonds is 9. The van der Waals surface area contributed by atoms with Gasteiger partial charge in [-0.25, -0.2) is 0 Å². The third kappa shape index (κ3) is 14.6. The summed E-state index contributed by atoms with van der Waals surface area (Å²) < 4.78 is 7.50. The van der Waals surface area contributed by atoms with Gasteiger partial charge < -0.3 is 0 Å². The van der Waals surface area contributed by atoms with E-state index in [0.717, 1.165) is 0 Å². The summed E-state index contributed by atoms with van der Waals surface area (Å²) in [6.45, 7) is 4.50. The summed E-state index contributed by atoms with van der Waals surface area (Å²) in [6.07, 6.45) is 0. The van der Waals surface area contributed by atoms with Crippen molar-refractivity contribution in [2.75, 3.05) is 0 Å². The maximum absolute atomic E-state index is 7.50. The molecule has 0 unspecified atom stereocenters. The van der Waals surface area contributed by atoms with E-state index in [1.807, 2.05) is 0 Å². The molecule has 0 spiro atoms. The molecule has 0 saturated heterocycles. The maximum Gasteiger partial charge on any atom is -0.0134 e. The summed E-state index contributed by atoms with van der Waals surface area (Å²) in [7, 11) is -1.34. The minimum atomic E-state index is -0.446. The van der Waals surface area contributed by atoms with E-state index < -0.39 is 23.8 Å². The van der Waals surface area contributed by atoms with Crippen LogP contribution in [-0.4, -0.2) is 0 Å². The van der Waals surface area contributed by atoms with Gasteiger partial charge in [0.05, 0.1) is 0 Å². The summed E-state index contributed by atoms with van der Waals surface area (Å²) in [5.74, 6) is 0. The van der Waals surface area contributed by atoms with Crippen molar-refractivity contribution < 1.29 is 21.3 Å².